The molecule has 1 amide bonds. The number of pyridine rings is 1. The van der Waals surface area contributed by atoms with Crippen LogP contribution in [-0.2, 0) is 10.3 Å². The van der Waals surface area contributed by atoms with Crippen molar-refractivity contribution in [3.63, 3.8) is 0 Å². The molecule has 0 unspecified atom stereocenters. The van der Waals surface area contributed by atoms with E-state index in [1.54, 1.807) is 6.20 Å². The summed E-state index contributed by atoms with van der Waals surface area (Å²) < 4.78 is 2.21. The van der Waals surface area contributed by atoms with Crippen LogP contribution in [0.5, 0.6) is 0 Å². The van der Waals surface area contributed by atoms with E-state index in [9.17, 15) is 4.79 Å². The van der Waals surface area contributed by atoms with Crippen LogP contribution in [0.25, 0.3) is 0 Å². The molecule has 0 saturated carbocycles. The van der Waals surface area contributed by atoms with Crippen molar-refractivity contribution in [1.82, 2.24) is 19.8 Å². The third-order valence-electron chi connectivity index (χ3n) is 5.94. The molecule has 0 bridgehead atoms. The number of thiocarbonyl (C=S) groups is 1. The minimum absolute atomic E-state index is 0.0238. The summed E-state index contributed by atoms with van der Waals surface area (Å²) >= 11 is 5.72. The predicted molar refractivity (Wildman–Crippen MR) is 136 cm³/mol. The van der Waals surface area contributed by atoms with E-state index in [0.717, 1.165) is 22.5 Å². The zero-order chi connectivity index (χ0) is 23.6. The Morgan fingerprint density at radius 3 is 2.55 bits per heavy atom. The highest BCUT2D eigenvalue weighted by atomic mass is 32.1. The number of amides is 1. The monoisotopic (exact) mass is 461 g/mol. The second-order valence-electron chi connectivity index (χ2n) is 9.51. The van der Waals surface area contributed by atoms with Crippen LogP contribution < -0.4 is 10.6 Å². The van der Waals surface area contributed by atoms with Crippen molar-refractivity contribution in [2.75, 3.05) is 11.9 Å². The van der Waals surface area contributed by atoms with Crippen LogP contribution in [0.4, 0.5) is 5.69 Å². The first-order valence-corrected chi connectivity index (χ1v) is 11.7. The maximum absolute atomic E-state index is 12.7. The number of anilines is 1. The summed E-state index contributed by atoms with van der Waals surface area (Å²) in [6, 6.07) is 15.7. The lowest BCUT2D eigenvalue weighted by Gasteiger charge is -2.27. The van der Waals surface area contributed by atoms with Crippen LogP contribution in [0.1, 0.15) is 56.1 Å². The predicted octanol–water partition coefficient (Wildman–Crippen LogP) is 4.95. The fourth-order valence-corrected chi connectivity index (χ4v) is 4.43. The second-order valence-corrected chi connectivity index (χ2v) is 9.89. The van der Waals surface area contributed by atoms with Gasteiger partial charge in [0, 0.05) is 42.8 Å². The number of aryl methyl sites for hydroxylation is 1. The van der Waals surface area contributed by atoms with Crippen LogP contribution in [-0.4, -0.2) is 32.0 Å². The molecule has 2 aromatic heterocycles. The molecule has 1 saturated heterocycles. The molecule has 4 rings (SSSR count). The van der Waals surface area contributed by atoms with Crippen molar-refractivity contribution in [2.24, 2.45) is 0 Å². The first-order chi connectivity index (χ1) is 15.7. The molecule has 3 heterocycles. The van der Waals surface area contributed by atoms with Crippen molar-refractivity contribution >= 4 is 28.9 Å². The number of hydrogen-bond donors (Lipinski definition) is 2. The van der Waals surface area contributed by atoms with Crippen LogP contribution >= 0.6 is 12.2 Å². The third kappa shape index (κ3) is 5.25. The molecule has 172 valence electrons. The van der Waals surface area contributed by atoms with Gasteiger partial charge >= 0.3 is 0 Å². The Balaban J connectivity index is 1.55. The van der Waals surface area contributed by atoms with Crippen molar-refractivity contribution in [2.45, 2.75) is 51.7 Å². The van der Waals surface area contributed by atoms with Gasteiger partial charge in [-0.3, -0.25) is 9.78 Å². The SMILES string of the molecule is Cc1ccc(NC(=O)CCN2C(=S)N[C@H](c3ccccn3)[C@@H]2c2ccn(C(C)(C)C)c2)cc1. The number of rotatable bonds is 6. The van der Waals surface area contributed by atoms with Gasteiger partial charge in [-0.05, 0) is 75.8 Å². The van der Waals surface area contributed by atoms with Gasteiger partial charge in [-0.1, -0.05) is 23.8 Å². The Morgan fingerprint density at radius 2 is 1.91 bits per heavy atom. The number of carbonyl (C=O) groups is 1. The highest BCUT2D eigenvalue weighted by molar-refractivity contribution is 7.80. The fourth-order valence-electron chi connectivity index (χ4n) is 4.10. The van der Waals surface area contributed by atoms with E-state index < -0.39 is 0 Å². The summed E-state index contributed by atoms with van der Waals surface area (Å²) in [5.41, 5.74) is 4.01. The van der Waals surface area contributed by atoms with E-state index >= 15 is 0 Å². The standard InChI is InChI=1S/C26H31N5OS/c1-18-8-10-20(11-9-18)28-22(32)13-16-31-24(19-12-15-30(17-19)26(2,3)4)23(29-25(31)33)21-7-5-6-14-27-21/h5-12,14-15,17,23-24H,13,16H2,1-4H3,(H,28,32)(H,29,33)/t23-,24+/m1/s1. The molecule has 1 aromatic carbocycles. The lowest BCUT2D eigenvalue weighted by molar-refractivity contribution is -0.116. The summed E-state index contributed by atoms with van der Waals surface area (Å²) in [5, 5.41) is 7.08. The molecular weight excluding hydrogens is 430 g/mol. The van der Waals surface area contributed by atoms with Gasteiger partial charge in [0.2, 0.25) is 5.91 Å². The third-order valence-corrected chi connectivity index (χ3v) is 6.30. The van der Waals surface area contributed by atoms with Crippen LogP contribution in [0, 0.1) is 6.92 Å². The largest absolute Gasteiger partial charge is 0.352 e. The normalized spacial score (nSPS) is 18.3. The molecule has 6 nitrogen and oxygen atoms in total. The average molecular weight is 462 g/mol. The number of carbonyl (C=O) groups excluding carboxylic acids is 1. The molecule has 3 aromatic rings. The van der Waals surface area contributed by atoms with Gasteiger partial charge in [-0.15, -0.1) is 0 Å². The Bertz CT molecular complexity index is 1120. The first kappa shape index (κ1) is 23.0. The van der Waals surface area contributed by atoms with Gasteiger partial charge in [0.15, 0.2) is 5.11 Å². The topological polar surface area (TPSA) is 62.2 Å². The van der Waals surface area contributed by atoms with Gasteiger partial charge in [0.25, 0.3) is 0 Å². The van der Waals surface area contributed by atoms with Crippen molar-refractivity contribution in [1.29, 1.82) is 0 Å². The van der Waals surface area contributed by atoms with E-state index in [1.165, 1.54) is 0 Å². The second kappa shape index (κ2) is 9.35. The molecule has 0 spiro atoms. The number of aromatic nitrogens is 2. The van der Waals surface area contributed by atoms with E-state index in [0.29, 0.717) is 18.1 Å². The minimum Gasteiger partial charge on any atom is -0.352 e. The summed E-state index contributed by atoms with van der Waals surface area (Å²) in [4.78, 5) is 19.4. The van der Waals surface area contributed by atoms with Crippen LogP contribution in [0.3, 0.4) is 0 Å². The van der Waals surface area contributed by atoms with Crippen molar-refractivity contribution in [3.05, 3.63) is 83.9 Å². The molecule has 33 heavy (non-hydrogen) atoms. The molecule has 2 N–H and O–H groups in total. The molecule has 2 atom stereocenters. The smallest absolute Gasteiger partial charge is 0.226 e. The maximum Gasteiger partial charge on any atom is 0.226 e. The molecule has 0 aliphatic carbocycles. The molecule has 1 aliphatic heterocycles. The fraction of sp³-hybridized carbons (Fsp3) is 0.346. The van der Waals surface area contributed by atoms with Gasteiger partial charge < -0.3 is 20.1 Å². The Morgan fingerprint density at radius 1 is 1.15 bits per heavy atom. The van der Waals surface area contributed by atoms with Crippen LogP contribution in [0.2, 0.25) is 0 Å². The number of hydrogen-bond acceptors (Lipinski definition) is 3. The lowest BCUT2D eigenvalue weighted by atomic mass is 9.99. The van der Waals surface area contributed by atoms with E-state index in [2.05, 4.69) is 64.3 Å². The van der Waals surface area contributed by atoms with Gasteiger partial charge in [0.05, 0.1) is 17.8 Å². The lowest BCUT2D eigenvalue weighted by Crippen LogP contribution is -2.32. The minimum atomic E-state index is -0.0883. The molecule has 7 heteroatoms. The van der Waals surface area contributed by atoms with Gasteiger partial charge in [-0.25, -0.2) is 0 Å². The molecule has 1 aliphatic rings. The van der Waals surface area contributed by atoms with Gasteiger partial charge in [-0.2, -0.15) is 0 Å². The Labute approximate surface area is 201 Å². The Kier molecular flexibility index (Phi) is 6.51. The highest BCUT2D eigenvalue weighted by Crippen LogP contribution is 2.39. The van der Waals surface area contributed by atoms with Crippen molar-refractivity contribution in [3.8, 4) is 0 Å². The molecule has 1 fully saturated rings. The summed E-state index contributed by atoms with van der Waals surface area (Å²) in [7, 11) is 0. The van der Waals surface area contributed by atoms with E-state index in [4.69, 9.17) is 12.2 Å². The summed E-state index contributed by atoms with van der Waals surface area (Å²) in [6.07, 6.45) is 6.42. The van der Waals surface area contributed by atoms with Crippen molar-refractivity contribution < 1.29 is 4.79 Å². The average Bonchev–Trinajstić information content (AvgIpc) is 3.39. The van der Waals surface area contributed by atoms with Gasteiger partial charge in [0.1, 0.15) is 0 Å². The first-order valence-electron chi connectivity index (χ1n) is 11.3. The highest BCUT2D eigenvalue weighted by Gasteiger charge is 2.40. The number of nitrogens with zero attached hydrogens (tertiary/aromatic N) is 3. The zero-order valence-electron chi connectivity index (χ0n) is 19.6. The molecular formula is C26H31N5OS. The summed E-state index contributed by atoms with van der Waals surface area (Å²) in [6.45, 7) is 9.07. The van der Waals surface area contributed by atoms with E-state index in [-0.39, 0.29) is 23.5 Å². The Hall–Kier alpha value is -3.19. The maximum atomic E-state index is 12.7. The number of nitrogens with one attached hydrogen (secondary N) is 2. The quantitative estimate of drug-likeness (QED) is 0.509. The molecule has 0 radical (unpaired) electrons. The van der Waals surface area contributed by atoms with E-state index in [1.807, 2.05) is 49.4 Å². The number of benzene rings is 1. The summed E-state index contributed by atoms with van der Waals surface area (Å²) in [5.74, 6) is -0.0334. The zero-order valence-corrected chi connectivity index (χ0v) is 20.4. The van der Waals surface area contributed by atoms with Crippen LogP contribution in [0.15, 0.2) is 67.1 Å².